The van der Waals surface area contributed by atoms with Crippen LogP contribution in [0.25, 0.3) is 0 Å². The molecule has 0 aromatic heterocycles. The Morgan fingerprint density at radius 3 is 2.61 bits per heavy atom. The number of nitrogens with two attached hydrogens (primary N) is 1. The SMILES string of the molecule is C[NH2+]CCC1OC(c2ccc(F)cc2)Cc2cc(C)ccc21.[Cl-]. The van der Waals surface area contributed by atoms with E-state index in [1.54, 1.807) is 0 Å². The fourth-order valence-electron chi connectivity index (χ4n) is 3.16. The molecule has 3 rings (SSSR count). The standard InChI is InChI=1S/C19H22FNO.ClH/c1-13-3-8-17-15(11-13)12-19(22-18(17)9-10-21-2)14-4-6-16(20)7-5-14;/h3-8,11,18-19,21H,9-10,12H2,1-2H3;1H. The van der Waals surface area contributed by atoms with Crippen molar-refractivity contribution in [1.82, 2.24) is 0 Å². The second-order valence-corrected chi connectivity index (χ2v) is 6.06. The van der Waals surface area contributed by atoms with Crippen LogP contribution in [0.5, 0.6) is 0 Å². The highest BCUT2D eigenvalue weighted by molar-refractivity contribution is 5.37. The minimum absolute atomic E-state index is 0. The second kappa shape index (κ2) is 7.91. The summed E-state index contributed by atoms with van der Waals surface area (Å²) >= 11 is 0. The highest BCUT2D eigenvalue weighted by Crippen LogP contribution is 2.39. The summed E-state index contributed by atoms with van der Waals surface area (Å²) in [4.78, 5) is 0. The molecule has 0 saturated carbocycles. The second-order valence-electron chi connectivity index (χ2n) is 6.06. The van der Waals surface area contributed by atoms with Gasteiger partial charge in [-0.2, -0.15) is 0 Å². The van der Waals surface area contributed by atoms with Gasteiger partial charge in [0.15, 0.2) is 0 Å². The fourth-order valence-corrected chi connectivity index (χ4v) is 3.16. The Hall–Kier alpha value is -1.42. The molecule has 0 saturated heterocycles. The van der Waals surface area contributed by atoms with Crippen molar-refractivity contribution in [1.29, 1.82) is 0 Å². The largest absolute Gasteiger partial charge is 1.00 e. The minimum atomic E-state index is -0.201. The van der Waals surface area contributed by atoms with Gasteiger partial charge in [-0.1, -0.05) is 35.9 Å². The summed E-state index contributed by atoms with van der Waals surface area (Å²) in [5.41, 5.74) is 5.01. The van der Waals surface area contributed by atoms with Gasteiger partial charge in [-0.05, 0) is 35.7 Å². The Morgan fingerprint density at radius 2 is 1.91 bits per heavy atom. The summed E-state index contributed by atoms with van der Waals surface area (Å²) < 4.78 is 19.5. The number of quaternary nitrogens is 1. The van der Waals surface area contributed by atoms with E-state index in [1.807, 2.05) is 12.1 Å². The molecule has 0 fully saturated rings. The average molecular weight is 336 g/mol. The van der Waals surface area contributed by atoms with E-state index in [0.717, 1.165) is 24.9 Å². The zero-order valence-electron chi connectivity index (χ0n) is 13.6. The van der Waals surface area contributed by atoms with Gasteiger partial charge in [-0.25, -0.2) is 4.39 Å². The van der Waals surface area contributed by atoms with E-state index in [0.29, 0.717) is 0 Å². The summed E-state index contributed by atoms with van der Waals surface area (Å²) in [6.07, 6.45) is 1.98. The van der Waals surface area contributed by atoms with Crippen molar-refractivity contribution in [2.45, 2.75) is 32.0 Å². The predicted octanol–water partition coefficient (Wildman–Crippen LogP) is 0.0765. The molecule has 2 unspecified atom stereocenters. The van der Waals surface area contributed by atoms with Crippen LogP contribution >= 0.6 is 0 Å². The van der Waals surface area contributed by atoms with Crippen LogP contribution in [0.4, 0.5) is 4.39 Å². The Labute approximate surface area is 143 Å². The van der Waals surface area contributed by atoms with E-state index in [4.69, 9.17) is 4.74 Å². The lowest BCUT2D eigenvalue weighted by Crippen LogP contribution is -3.00. The Kier molecular flexibility index (Phi) is 6.17. The number of aryl methyl sites for hydroxylation is 1. The van der Waals surface area contributed by atoms with Crippen molar-refractivity contribution >= 4 is 0 Å². The van der Waals surface area contributed by atoms with E-state index in [-0.39, 0.29) is 30.4 Å². The number of ether oxygens (including phenoxy) is 1. The number of halogens is 2. The van der Waals surface area contributed by atoms with Crippen LogP contribution in [0.3, 0.4) is 0 Å². The maximum atomic E-state index is 13.1. The molecule has 2 atom stereocenters. The molecule has 0 bridgehead atoms. The maximum absolute atomic E-state index is 13.1. The summed E-state index contributed by atoms with van der Waals surface area (Å²) in [7, 11) is 2.08. The molecule has 0 spiro atoms. The first-order valence-electron chi connectivity index (χ1n) is 7.95. The molecule has 1 aliphatic heterocycles. The van der Waals surface area contributed by atoms with Crippen LogP contribution in [-0.4, -0.2) is 13.6 Å². The van der Waals surface area contributed by atoms with Gasteiger partial charge in [0.1, 0.15) is 5.82 Å². The minimum Gasteiger partial charge on any atom is -1.00 e. The predicted molar refractivity (Wildman–Crippen MR) is 85.2 cm³/mol. The van der Waals surface area contributed by atoms with Crippen LogP contribution in [0.2, 0.25) is 0 Å². The normalized spacial score (nSPS) is 19.8. The van der Waals surface area contributed by atoms with Crippen molar-refractivity contribution < 1.29 is 26.9 Å². The van der Waals surface area contributed by atoms with Gasteiger partial charge in [0.25, 0.3) is 0 Å². The lowest BCUT2D eigenvalue weighted by atomic mass is 9.89. The van der Waals surface area contributed by atoms with Crippen molar-refractivity contribution in [3.8, 4) is 0 Å². The number of rotatable bonds is 4. The Balaban J connectivity index is 0.00000192. The molecule has 1 aliphatic rings. The van der Waals surface area contributed by atoms with Crippen molar-refractivity contribution in [2.24, 2.45) is 0 Å². The average Bonchev–Trinajstić information content (AvgIpc) is 2.52. The smallest absolute Gasteiger partial charge is 0.123 e. The summed E-state index contributed by atoms with van der Waals surface area (Å²) in [6, 6.07) is 13.3. The van der Waals surface area contributed by atoms with Crippen molar-refractivity contribution in [3.05, 3.63) is 70.5 Å². The molecular weight excluding hydrogens is 313 g/mol. The van der Waals surface area contributed by atoms with Gasteiger partial charge < -0.3 is 22.5 Å². The van der Waals surface area contributed by atoms with E-state index in [9.17, 15) is 4.39 Å². The Bertz CT molecular complexity index is 644. The van der Waals surface area contributed by atoms with E-state index < -0.39 is 0 Å². The molecule has 4 heteroatoms. The monoisotopic (exact) mass is 335 g/mol. The first kappa shape index (κ1) is 17.9. The van der Waals surface area contributed by atoms with Crippen molar-refractivity contribution in [3.63, 3.8) is 0 Å². The van der Waals surface area contributed by atoms with Gasteiger partial charge in [0.05, 0.1) is 25.8 Å². The van der Waals surface area contributed by atoms with Gasteiger partial charge in [0.2, 0.25) is 0 Å². The van der Waals surface area contributed by atoms with Gasteiger partial charge in [-0.15, -0.1) is 0 Å². The fraction of sp³-hybridized carbons (Fsp3) is 0.368. The summed E-state index contributed by atoms with van der Waals surface area (Å²) in [5, 5.41) is 2.18. The molecule has 2 nitrogen and oxygen atoms in total. The maximum Gasteiger partial charge on any atom is 0.123 e. The molecule has 0 radical (unpaired) electrons. The van der Waals surface area contributed by atoms with Crippen molar-refractivity contribution in [2.75, 3.05) is 13.6 Å². The lowest BCUT2D eigenvalue weighted by Gasteiger charge is -2.32. The Morgan fingerprint density at radius 1 is 1.17 bits per heavy atom. The van der Waals surface area contributed by atoms with Gasteiger partial charge in [-0.3, -0.25) is 0 Å². The highest BCUT2D eigenvalue weighted by Gasteiger charge is 2.28. The van der Waals surface area contributed by atoms with Gasteiger partial charge >= 0.3 is 0 Å². The molecule has 124 valence electrons. The zero-order chi connectivity index (χ0) is 15.5. The first-order valence-corrected chi connectivity index (χ1v) is 7.95. The van der Waals surface area contributed by atoms with Gasteiger partial charge in [0, 0.05) is 12.8 Å². The van der Waals surface area contributed by atoms with E-state index in [1.165, 1.54) is 28.8 Å². The first-order chi connectivity index (χ1) is 10.7. The van der Waals surface area contributed by atoms with Crippen LogP contribution < -0.4 is 17.7 Å². The molecular formula is C19H23ClFNO. The summed E-state index contributed by atoms with van der Waals surface area (Å²) in [5.74, 6) is -0.201. The van der Waals surface area contributed by atoms with Crippen LogP contribution in [0, 0.1) is 12.7 Å². The number of hydrogen-bond acceptors (Lipinski definition) is 1. The van der Waals surface area contributed by atoms with Crippen LogP contribution in [0.15, 0.2) is 42.5 Å². The van der Waals surface area contributed by atoms with E-state index >= 15 is 0 Å². The molecule has 2 N–H and O–H groups in total. The number of fused-ring (bicyclic) bond motifs is 1. The third-order valence-corrected chi connectivity index (χ3v) is 4.34. The molecule has 0 aliphatic carbocycles. The van der Waals surface area contributed by atoms with E-state index in [2.05, 4.69) is 37.5 Å². The topological polar surface area (TPSA) is 25.8 Å². The zero-order valence-corrected chi connectivity index (χ0v) is 14.3. The highest BCUT2D eigenvalue weighted by atomic mass is 35.5. The lowest BCUT2D eigenvalue weighted by molar-refractivity contribution is -0.628. The molecule has 0 amide bonds. The quantitative estimate of drug-likeness (QED) is 0.841. The molecule has 23 heavy (non-hydrogen) atoms. The molecule has 1 heterocycles. The third kappa shape index (κ3) is 4.11. The third-order valence-electron chi connectivity index (χ3n) is 4.34. The molecule has 2 aromatic carbocycles. The number of benzene rings is 2. The molecule has 2 aromatic rings. The van der Waals surface area contributed by atoms with Crippen LogP contribution in [0.1, 0.15) is 40.9 Å². The van der Waals surface area contributed by atoms with Crippen LogP contribution in [-0.2, 0) is 11.2 Å². The summed E-state index contributed by atoms with van der Waals surface area (Å²) in [6.45, 7) is 3.16. The number of hydrogen-bond donors (Lipinski definition) is 1.